The summed E-state index contributed by atoms with van der Waals surface area (Å²) in [5, 5.41) is 10.5. The van der Waals surface area contributed by atoms with Gasteiger partial charge in [0.1, 0.15) is 5.60 Å². The van der Waals surface area contributed by atoms with Crippen LogP contribution in [0.1, 0.15) is 119 Å². The predicted octanol–water partition coefficient (Wildman–Crippen LogP) is 7.82. The maximum atomic E-state index is 10.5. The zero-order chi connectivity index (χ0) is 21.5. The Kier molecular flexibility index (Phi) is 9.22. The van der Waals surface area contributed by atoms with Crippen molar-refractivity contribution in [1.29, 1.82) is 0 Å². The summed E-state index contributed by atoms with van der Waals surface area (Å²) in [6.07, 6.45) is 18.3. The standard InChI is InChI=1S/C27H46O2/c1-7-9-10-11-12-13-18-27-23(5)22(4)25(28)20-24(27)16-19-26(6,29-27)17-14-15-21(3)8-2/h15,20,25,28H,7-14,16-19H2,1-6H3/b21-15+/t25-,26?,27?/m0/s1. The summed E-state index contributed by atoms with van der Waals surface area (Å²) in [4.78, 5) is 0. The van der Waals surface area contributed by atoms with Crippen LogP contribution >= 0.6 is 0 Å². The van der Waals surface area contributed by atoms with Gasteiger partial charge in [-0.25, -0.2) is 0 Å². The van der Waals surface area contributed by atoms with E-state index in [4.69, 9.17) is 4.74 Å². The molecule has 2 rings (SSSR count). The molecular weight excluding hydrogens is 356 g/mol. The summed E-state index contributed by atoms with van der Waals surface area (Å²) >= 11 is 0. The Labute approximate surface area is 180 Å². The Hall–Kier alpha value is -0.860. The molecule has 1 aliphatic carbocycles. The predicted molar refractivity (Wildman–Crippen MR) is 125 cm³/mol. The monoisotopic (exact) mass is 402 g/mol. The van der Waals surface area contributed by atoms with Crippen molar-refractivity contribution in [3.63, 3.8) is 0 Å². The van der Waals surface area contributed by atoms with Crippen LogP contribution in [0.25, 0.3) is 0 Å². The van der Waals surface area contributed by atoms with Crippen molar-refractivity contribution in [2.24, 2.45) is 0 Å². The van der Waals surface area contributed by atoms with Crippen LogP contribution in [-0.4, -0.2) is 22.4 Å². The van der Waals surface area contributed by atoms with Crippen molar-refractivity contribution in [3.8, 4) is 0 Å². The highest BCUT2D eigenvalue weighted by molar-refractivity contribution is 5.44. The maximum Gasteiger partial charge on any atom is 0.111 e. The Morgan fingerprint density at radius 1 is 1.14 bits per heavy atom. The van der Waals surface area contributed by atoms with E-state index in [0.717, 1.165) is 44.1 Å². The zero-order valence-corrected chi connectivity index (χ0v) is 20.1. The minimum absolute atomic E-state index is 0.0894. The minimum Gasteiger partial charge on any atom is -0.385 e. The third-order valence-electron chi connectivity index (χ3n) is 7.47. The number of unbranched alkanes of at least 4 members (excludes halogenated alkanes) is 5. The SMILES string of the molecule is CCCCCCCCC12OC(C)(CC/C=C(\C)CC)CCC1=C[C@H](O)C(C)=C2C. The quantitative estimate of drug-likeness (QED) is 0.282. The van der Waals surface area contributed by atoms with Gasteiger partial charge in [0.2, 0.25) is 0 Å². The topological polar surface area (TPSA) is 29.5 Å². The Bertz CT molecular complexity index is 626. The Morgan fingerprint density at radius 2 is 1.83 bits per heavy atom. The first-order valence-electron chi connectivity index (χ1n) is 12.2. The van der Waals surface area contributed by atoms with E-state index in [1.165, 1.54) is 55.2 Å². The van der Waals surface area contributed by atoms with Crippen LogP contribution in [0.2, 0.25) is 0 Å². The van der Waals surface area contributed by atoms with Crippen LogP contribution in [0.5, 0.6) is 0 Å². The number of allylic oxidation sites excluding steroid dienone is 2. The smallest absolute Gasteiger partial charge is 0.111 e. The molecule has 1 aliphatic heterocycles. The van der Waals surface area contributed by atoms with E-state index in [1.54, 1.807) is 0 Å². The summed E-state index contributed by atoms with van der Waals surface area (Å²) in [5.74, 6) is 0. The van der Waals surface area contributed by atoms with Crippen molar-refractivity contribution in [1.82, 2.24) is 0 Å². The van der Waals surface area contributed by atoms with Gasteiger partial charge in [0.25, 0.3) is 0 Å². The maximum absolute atomic E-state index is 10.5. The molecule has 0 spiro atoms. The van der Waals surface area contributed by atoms with E-state index in [9.17, 15) is 5.11 Å². The van der Waals surface area contributed by atoms with Crippen LogP contribution < -0.4 is 0 Å². The van der Waals surface area contributed by atoms with Gasteiger partial charge in [-0.15, -0.1) is 0 Å². The van der Waals surface area contributed by atoms with Crippen LogP contribution in [-0.2, 0) is 4.74 Å². The van der Waals surface area contributed by atoms with Gasteiger partial charge >= 0.3 is 0 Å². The fourth-order valence-corrected chi connectivity index (χ4v) is 5.03. The molecule has 0 aromatic carbocycles. The molecule has 2 heteroatoms. The van der Waals surface area contributed by atoms with Crippen LogP contribution in [0.15, 0.2) is 34.4 Å². The van der Waals surface area contributed by atoms with E-state index in [-0.39, 0.29) is 11.2 Å². The third kappa shape index (κ3) is 6.07. The second-order valence-corrected chi connectivity index (χ2v) is 9.78. The summed E-state index contributed by atoms with van der Waals surface area (Å²) < 4.78 is 7.07. The van der Waals surface area contributed by atoms with E-state index < -0.39 is 6.10 Å². The highest BCUT2D eigenvalue weighted by Crippen LogP contribution is 2.51. The number of fused-ring (bicyclic) bond motifs is 1. The number of ether oxygens (including phenoxy) is 1. The van der Waals surface area contributed by atoms with E-state index in [0.29, 0.717) is 0 Å². The molecule has 0 amide bonds. The van der Waals surface area contributed by atoms with E-state index >= 15 is 0 Å². The average molecular weight is 403 g/mol. The molecule has 166 valence electrons. The summed E-state index contributed by atoms with van der Waals surface area (Å²) in [6, 6.07) is 0. The van der Waals surface area contributed by atoms with Gasteiger partial charge in [-0.1, -0.05) is 57.6 Å². The molecule has 29 heavy (non-hydrogen) atoms. The highest BCUT2D eigenvalue weighted by Gasteiger charge is 2.49. The van der Waals surface area contributed by atoms with Crippen LogP contribution in [0.3, 0.4) is 0 Å². The lowest BCUT2D eigenvalue weighted by Gasteiger charge is -2.52. The molecule has 0 saturated carbocycles. The molecule has 3 atom stereocenters. The van der Waals surface area contributed by atoms with Crippen molar-refractivity contribution in [2.75, 3.05) is 0 Å². The Morgan fingerprint density at radius 3 is 2.52 bits per heavy atom. The first-order valence-corrected chi connectivity index (χ1v) is 12.2. The second-order valence-electron chi connectivity index (χ2n) is 9.78. The molecule has 1 fully saturated rings. The van der Waals surface area contributed by atoms with Crippen molar-refractivity contribution in [3.05, 3.63) is 34.4 Å². The summed E-state index contributed by atoms with van der Waals surface area (Å²) in [6.45, 7) is 13.3. The lowest BCUT2D eigenvalue weighted by atomic mass is 9.69. The molecule has 1 N–H and O–H groups in total. The lowest BCUT2D eigenvalue weighted by molar-refractivity contribution is -0.145. The van der Waals surface area contributed by atoms with Gasteiger partial charge in [-0.2, -0.15) is 0 Å². The number of hydrogen-bond donors (Lipinski definition) is 1. The normalized spacial score (nSPS) is 30.4. The second kappa shape index (κ2) is 11.0. The van der Waals surface area contributed by atoms with Gasteiger partial charge in [-0.3, -0.25) is 0 Å². The highest BCUT2D eigenvalue weighted by atomic mass is 16.5. The van der Waals surface area contributed by atoms with E-state index in [2.05, 4.69) is 53.7 Å². The molecule has 0 aromatic heterocycles. The van der Waals surface area contributed by atoms with Gasteiger partial charge in [0.05, 0.1) is 11.7 Å². The van der Waals surface area contributed by atoms with Crippen molar-refractivity contribution in [2.45, 2.75) is 136 Å². The molecule has 2 nitrogen and oxygen atoms in total. The number of hydrogen-bond acceptors (Lipinski definition) is 2. The molecule has 2 aliphatic rings. The van der Waals surface area contributed by atoms with Crippen LogP contribution in [0.4, 0.5) is 0 Å². The molecule has 0 radical (unpaired) electrons. The molecule has 0 aromatic rings. The molecule has 2 unspecified atom stereocenters. The first kappa shape index (κ1) is 24.4. The van der Waals surface area contributed by atoms with E-state index in [1.807, 2.05) is 0 Å². The van der Waals surface area contributed by atoms with Gasteiger partial charge in [0, 0.05) is 0 Å². The first-order chi connectivity index (χ1) is 13.8. The number of aliphatic hydroxyl groups excluding tert-OH is 1. The van der Waals surface area contributed by atoms with Crippen molar-refractivity contribution >= 4 is 0 Å². The molecule has 1 heterocycles. The fourth-order valence-electron chi connectivity index (χ4n) is 5.03. The Balaban J connectivity index is 2.15. The fraction of sp³-hybridized carbons (Fsp3) is 0.778. The third-order valence-corrected chi connectivity index (χ3v) is 7.47. The number of aliphatic hydroxyl groups is 1. The van der Waals surface area contributed by atoms with Crippen molar-refractivity contribution < 1.29 is 9.84 Å². The van der Waals surface area contributed by atoms with Gasteiger partial charge in [0.15, 0.2) is 0 Å². The molecule has 0 bridgehead atoms. The summed E-state index contributed by atoms with van der Waals surface area (Å²) in [7, 11) is 0. The molecular formula is C27H46O2. The summed E-state index contributed by atoms with van der Waals surface area (Å²) in [5.41, 5.74) is 4.78. The largest absolute Gasteiger partial charge is 0.385 e. The average Bonchev–Trinajstić information content (AvgIpc) is 2.70. The lowest BCUT2D eigenvalue weighted by Crippen LogP contribution is -2.51. The minimum atomic E-state index is -0.439. The number of rotatable bonds is 11. The van der Waals surface area contributed by atoms with Crippen LogP contribution in [0, 0.1) is 0 Å². The van der Waals surface area contributed by atoms with Gasteiger partial charge in [-0.05, 0) is 95.4 Å². The zero-order valence-electron chi connectivity index (χ0n) is 20.1. The molecule has 1 saturated heterocycles. The van der Waals surface area contributed by atoms with Gasteiger partial charge < -0.3 is 9.84 Å².